The molecule has 54 heavy (non-hydrogen) atoms. The lowest BCUT2D eigenvalue weighted by Crippen LogP contribution is -2.61. The van der Waals surface area contributed by atoms with Crippen LogP contribution in [0.2, 0.25) is 0 Å². The second-order valence-corrected chi connectivity index (χ2v) is 13.8. The number of epoxide rings is 1. The van der Waals surface area contributed by atoms with Crippen molar-refractivity contribution in [2.24, 2.45) is 11.8 Å². The third kappa shape index (κ3) is 7.25. The lowest BCUT2D eigenvalue weighted by atomic mass is 9.85. The zero-order valence-corrected chi connectivity index (χ0v) is 28.8. The number of carbonyl (C=O) groups excluding carboxylic acids is 2. The third-order valence-corrected chi connectivity index (χ3v) is 10.5. The van der Waals surface area contributed by atoms with Gasteiger partial charge in [0.2, 0.25) is 6.29 Å². The summed E-state index contributed by atoms with van der Waals surface area (Å²) in [7, 11) is 0. The average Bonchev–Trinajstić information content (AvgIpc) is 3.85. The van der Waals surface area contributed by atoms with Crippen molar-refractivity contribution in [3.8, 4) is 5.75 Å². The second-order valence-electron chi connectivity index (χ2n) is 13.8. The molecule has 7 rings (SSSR count). The van der Waals surface area contributed by atoms with Crippen molar-refractivity contribution in [3.63, 3.8) is 0 Å². The van der Waals surface area contributed by atoms with E-state index >= 15 is 0 Å². The molecule has 3 saturated heterocycles. The summed E-state index contributed by atoms with van der Waals surface area (Å²) >= 11 is 0. The molecule has 1 aliphatic carbocycles. The van der Waals surface area contributed by atoms with E-state index in [4.69, 9.17) is 37.9 Å². The number of fused-ring (bicyclic) bond motifs is 3. The fourth-order valence-corrected chi connectivity index (χ4v) is 7.51. The first-order valence-corrected chi connectivity index (χ1v) is 17.4. The van der Waals surface area contributed by atoms with E-state index in [9.17, 15) is 45.3 Å². The highest BCUT2D eigenvalue weighted by Crippen LogP contribution is 2.61. The SMILES string of the molecule is C[C@@H]1O[C@@H](O[C@H]2[C@@H]3C=CO[C@@H](O[C@@H]4O[C@H](CO)[C@@H](O)[C@H](O)[C@H]4O)[C@@H]3[C@@]3(CO)O[C@@H]23)[C@H](OC(=O)c2ccccc2)[C@H](OC(=O)/C=C/c2ccc(O)cc2)[C@H]1O. The molecule has 4 heterocycles. The van der Waals surface area contributed by atoms with Crippen molar-refractivity contribution in [2.45, 2.75) is 92.4 Å². The van der Waals surface area contributed by atoms with Gasteiger partial charge in [0, 0.05) is 12.0 Å². The van der Waals surface area contributed by atoms with Crippen molar-refractivity contribution < 1.29 is 83.2 Å². The molecule has 0 unspecified atom stereocenters. The first-order valence-electron chi connectivity index (χ1n) is 17.4. The number of benzene rings is 2. The van der Waals surface area contributed by atoms with Gasteiger partial charge in [0.05, 0.1) is 43.2 Å². The quantitative estimate of drug-likeness (QED) is 0.0833. The molecular formula is C37H42O17. The zero-order valence-electron chi connectivity index (χ0n) is 28.8. The lowest BCUT2D eigenvalue weighted by molar-refractivity contribution is -0.346. The number of phenols is 1. The molecule has 2 aromatic carbocycles. The van der Waals surface area contributed by atoms with Crippen LogP contribution in [0.15, 0.2) is 73.0 Å². The molecule has 0 bridgehead atoms. The molecule has 4 aliphatic heterocycles. The summed E-state index contributed by atoms with van der Waals surface area (Å²) in [6.07, 6.45) is -12.3. The predicted molar refractivity (Wildman–Crippen MR) is 178 cm³/mol. The summed E-state index contributed by atoms with van der Waals surface area (Å²) in [5.74, 6) is -3.11. The first-order chi connectivity index (χ1) is 25.9. The number of aliphatic hydroxyl groups is 6. The van der Waals surface area contributed by atoms with Crippen LogP contribution in [0.5, 0.6) is 5.75 Å². The fraction of sp³-hybridized carbons (Fsp3) is 0.514. The monoisotopic (exact) mass is 758 g/mol. The van der Waals surface area contributed by atoms with E-state index in [0.717, 1.165) is 6.08 Å². The van der Waals surface area contributed by atoms with Crippen LogP contribution in [0.4, 0.5) is 0 Å². The Morgan fingerprint density at radius 3 is 2.26 bits per heavy atom. The summed E-state index contributed by atoms with van der Waals surface area (Å²) in [5, 5.41) is 72.2. The molecule has 2 aromatic rings. The van der Waals surface area contributed by atoms with E-state index in [1.807, 2.05) is 0 Å². The lowest BCUT2D eigenvalue weighted by Gasteiger charge is -2.44. The number of phenolic OH excluding ortho intramolecular Hbond substituents is 1. The summed E-state index contributed by atoms with van der Waals surface area (Å²) in [6.45, 7) is 0.315. The maximum atomic E-state index is 13.4. The minimum atomic E-state index is -1.73. The number of carbonyl (C=O) groups is 2. The fourth-order valence-electron chi connectivity index (χ4n) is 7.51. The maximum Gasteiger partial charge on any atom is 0.338 e. The normalized spacial score (nSPS) is 41.1. The number of rotatable bonds is 11. The molecular weight excluding hydrogens is 716 g/mol. The Morgan fingerprint density at radius 1 is 0.815 bits per heavy atom. The van der Waals surface area contributed by atoms with Gasteiger partial charge in [-0.05, 0) is 48.9 Å². The van der Waals surface area contributed by atoms with Crippen LogP contribution in [0, 0.1) is 11.8 Å². The number of esters is 2. The van der Waals surface area contributed by atoms with Crippen molar-refractivity contribution in [2.75, 3.05) is 13.2 Å². The standard InChI is InChI=1S/C37H42O17/c1-17-25(42)30(50-23(41)12-9-18-7-10-20(40)11-8-18)31(51-33(46)19-5-3-2-4-6-19)36(48-17)52-29-21-13-14-47-34(24(21)37(16-39)32(29)54-37)53-35-28(45)27(44)26(43)22(15-38)49-35/h2-14,17,21-22,24-32,34-36,38-40,42-45H,15-16H2,1H3/b12-9+/t17-,21+,22+,24+,25-,26+,27-,28+,29-,30+,31+,32-,34-,35-,36-,37+/m0/s1. The van der Waals surface area contributed by atoms with Crippen molar-refractivity contribution in [3.05, 3.63) is 84.1 Å². The van der Waals surface area contributed by atoms with E-state index in [0.29, 0.717) is 5.56 Å². The van der Waals surface area contributed by atoms with E-state index in [-0.39, 0.29) is 11.3 Å². The molecule has 7 N–H and O–H groups in total. The number of ether oxygens (including phenoxy) is 8. The van der Waals surface area contributed by atoms with Gasteiger partial charge in [-0.2, -0.15) is 0 Å². The average molecular weight is 759 g/mol. The van der Waals surface area contributed by atoms with Crippen molar-refractivity contribution in [1.82, 2.24) is 0 Å². The molecule has 0 radical (unpaired) electrons. The minimum Gasteiger partial charge on any atom is -0.508 e. The molecule has 292 valence electrons. The van der Waals surface area contributed by atoms with Gasteiger partial charge in [-0.3, -0.25) is 0 Å². The summed E-state index contributed by atoms with van der Waals surface area (Å²) in [5.41, 5.74) is -0.558. The number of hydrogen-bond donors (Lipinski definition) is 7. The van der Waals surface area contributed by atoms with Gasteiger partial charge in [-0.15, -0.1) is 0 Å². The minimum absolute atomic E-state index is 0.0395. The highest BCUT2D eigenvalue weighted by Gasteiger charge is 2.77. The van der Waals surface area contributed by atoms with Gasteiger partial charge in [-0.1, -0.05) is 30.3 Å². The van der Waals surface area contributed by atoms with Crippen LogP contribution in [0.1, 0.15) is 22.8 Å². The van der Waals surface area contributed by atoms with Crippen LogP contribution in [-0.2, 0) is 42.7 Å². The molecule has 5 aliphatic rings. The van der Waals surface area contributed by atoms with Crippen LogP contribution >= 0.6 is 0 Å². The van der Waals surface area contributed by atoms with Gasteiger partial charge >= 0.3 is 11.9 Å². The molecule has 4 fully saturated rings. The Hall–Kier alpha value is -3.98. The van der Waals surface area contributed by atoms with Crippen LogP contribution < -0.4 is 0 Å². The molecule has 0 aromatic heterocycles. The zero-order chi connectivity index (χ0) is 38.3. The third-order valence-electron chi connectivity index (χ3n) is 10.5. The van der Waals surface area contributed by atoms with Crippen LogP contribution in [0.25, 0.3) is 6.08 Å². The van der Waals surface area contributed by atoms with E-state index < -0.39 is 122 Å². The smallest absolute Gasteiger partial charge is 0.338 e. The van der Waals surface area contributed by atoms with E-state index in [1.165, 1.54) is 43.5 Å². The molecule has 1 saturated carbocycles. The number of aliphatic hydroxyl groups excluding tert-OH is 6. The Morgan fingerprint density at radius 2 is 1.56 bits per heavy atom. The molecule has 16 atom stereocenters. The Bertz CT molecular complexity index is 1680. The number of hydrogen-bond acceptors (Lipinski definition) is 17. The summed E-state index contributed by atoms with van der Waals surface area (Å²) in [4.78, 5) is 26.6. The maximum absolute atomic E-state index is 13.4. The summed E-state index contributed by atoms with van der Waals surface area (Å²) < 4.78 is 47.4. The van der Waals surface area contributed by atoms with Crippen LogP contribution in [-0.4, -0.2) is 146 Å². The Balaban J connectivity index is 1.14. The molecule has 0 amide bonds. The first kappa shape index (κ1) is 38.3. The van der Waals surface area contributed by atoms with Gasteiger partial charge in [-0.25, -0.2) is 9.59 Å². The van der Waals surface area contributed by atoms with E-state index in [2.05, 4.69) is 0 Å². The second kappa shape index (κ2) is 15.6. The highest BCUT2D eigenvalue weighted by atomic mass is 16.8. The molecule has 0 spiro atoms. The van der Waals surface area contributed by atoms with Crippen LogP contribution in [0.3, 0.4) is 0 Å². The molecule has 17 nitrogen and oxygen atoms in total. The van der Waals surface area contributed by atoms with Gasteiger partial charge in [0.25, 0.3) is 0 Å². The van der Waals surface area contributed by atoms with Crippen molar-refractivity contribution >= 4 is 18.0 Å². The topological polar surface area (TPSA) is 253 Å². The van der Waals surface area contributed by atoms with Gasteiger partial charge < -0.3 is 73.6 Å². The summed E-state index contributed by atoms with van der Waals surface area (Å²) in [6, 6.07) is 14.0. The largest absolute Gasteiger partial charge is 0.508 e. The van der Waals surface area contributed by atoms with Gasteiger partial charge in [0.1, 0.15) is 48.0 Å². The Labute approximate surface area is 308 Å². The predicted octanol–water partition coefficient (Wildman–Crippen LogP) is -0.904. The van der Waals surface area contributed by atoms with Gasteiger partial charge in [0.15, 0.2) is 24.8 Å². The van der Waals surface area contributed by atoms with Crippen molar-refractivity contribution in [1.29, 1.82) is 0 Å². The highest BCUT2D eigenvalue weighted by molar-refractivity contribution is 5.89. The van der Waals surface area contributed by atoms with E-state index in [1.54, 1.807) is 36.4 Å². The number of aromatic hydroxyl groups is 1. The molecule has 17 heteroatoms. The Kier molecular flexibility index (Phi) is 11.1.